The first-order valence-electron chi connectivity index (χ1n) is 6.99. The molecule has 0 bridgehead atoms. The molecule has 1 saturated carbocycles. The van der Waals surface area contributed by atoms with Gasteiger partial charge in [0, 0.05) is 17.8 Å². The van der Waals surface area contributed by atoms with Crippen LogP contribution in [0.1, 0.15) is 44.7 Å². The second-order valence-corrected chi connectivity index (χ2v) is 5.52. The zero-order valence-electron chi connectivity index (χ0n) is 11.6. The maximum atomic E-state index is 11.9. The van der Waals surface area contributed by atoms with Crippen molar-refractivity contribution >= 4 is 11.7 Å². The van der Waals surface area contributed by atoms with Gasteiger partial charge in [-0.05, 0) is 43.4 Å². The molecule has 1 aliphatic rings. The Morgan fingerprint density at radius 2 is 2.00 bits per heavy atom. The van der Waals surface area contributed by atoms with E-state index in [0.29, 0.717) is 12.0 Å². The number of nitrogens with two attached hydrogens (primary N) is 1. The summed E-state index contributed by atoms with van der Waals surface area (Å²) in [5.74, 6) is 0.575. The minimum atomic E-state index is -0.118. The molecule has 0 radical (unpaired) electrons. The molecule has 19 heavy (non-hydrogen) atoms. The van der Waals surface area contributed by atoms with Crippen molar-refractivity contribution in [2.24, 2.45) is 11.7 Å². The molecule has 4 N–H and O–H groups in total. The topological polar surface area (TPSA) is 67.1 Å². The van der Waals surface area contributed by atoms with Crippen molar-refractivity contribution in [2.45, 2.75) is 45.2 Å². The number of urea groups is 1. The monoisotopic (exact) mass is 261 g/mol. The molecule has 1 aromatic carbocycles. The molecule has 2 amide bonds. The Hall–Kier alpha value is -1.55. The van der Waals surface area contributed by atoms with Crippen LogP contribution < -0.4 is 16.4 Å². The molecule has 0 saturated heterocycles. The van der Waals surface area contributed by atoms with E-state index in [1.165, 1.54) is 12.8 Å². The van der Waals surface area contributed by atoms with Crippen LogP contribution in [0.5, 0.6) is 0 Å². The van der Waals surface area contributed by atoms with E-state index in [-0.39, 0.29) is 12.1 Å². The summed E-state index contributed by atoms with van der Waals surface area (Å²) in [5, 5.41) is 5.90. The molecular weight excluding hydrogens is 238 g/mol. The van der Waals surface area contributed by atoms with Crippen molar-refractivity contribution < 1.29 is 4.79 Å². The van der Waals surface area contributed by atoms with Gasteiger partial charge in [-0.15, -0.1) is 0 Å². The van der Waals surface area contributed by atoms with Crippen molar-refractivity contribution in [1.82, 2.24) is 5.32 Å². The van der Waals surface area contributed by atoms with Gasteiger partial charge < -0.3 is 16.4 Å². The van der Waals surface area contributed by atoms with E-state index in [9.17, 15) is 4.79 Å². The lowest BCUT2D eigenvalue weighted by atomic mass is 10.1. The Bertz CT molecular complexity index is 428. The van der Waals surface area contributed by atoms with Gasteiger partial charge in [0.15, 0.2) is 0 Å². The highest BCUT2D eigenvalue weighted by Crippen LogP contribution is 2.24. The van der Waals surface area contributed by atoms with E-state index >= 15 is 0 Å². The summed E-state index contributed by atoms with van der Waals surface area (Å²) in [6, 6.07) is 7.86. The van der Waals surface area contributed by atoms with Crippen LogP contribution in [0.3, 0.4) is 0 Å². The molecule has 1 aliphatic carbocycles. The lowest BCUT2D eigenvalue weighted by Crippen LogP contribution is -2.39. The Morgan fingerprint density at radius 1 is 1.32 bits per heavy atom. The molecule has 2 rings (SSSR count). The van der Waals surface area contributed by atoms with Crippen LogP contribution in [0.4, 0.5) is 10.5 Å². The normalized spacial score (nSPS) is 23.9. The maximum absolute atomic E-state index is 11.9. The van der Waals surface area contributed by atoms with E-state index in [0.717, 1.165) is 17.7 Å². The van der Waals surface area contributed by atoms with E-state index in [4.69, 9.17) is 5.73 Å². The first kappa shape index (κ1) is 13.9. The number of nitrogens with one attached hydrogen (secondary N) is 2. The zero-order valence-corrected chi connectivity index (χ0v) is 11.6. The summed E-state index contributed by atoms with van der Waals surface area (Å²) in [5.41, 5.74) is 7.65. The first-order valence-corrected chi connectivity index (χ1v) is 6.99. The summed E-state index contributed by atoms with van der Waals surface area (Å²) in [6.45, 7) is 4.13. The molecule has 0 aliphatic heterocycles. The van der Waals surface area contributed by atoms with Gasteiger partial charge in [-0.25, -0.2) is 4.79 Å². The summed E-state index contributed by atoms with van der Waals surface area (Å²) in [6.07, 6.45) is 3.49. The molecule has 0 spiro atoms. The smallest absolute Gasteiger partial charge is 0.319 e. The summed E-state index contributed by atoms with van der Waals surface area (Å²) >= 11 is 0. The van der Waals surface area contributed by atoms with Crippen molar-refractivity contribution in [3.05, 3.63) is 29.8 Å². The van der Waals surface area contributed by atoms with Crippen LogP contribution in [0, 0.1) is 5.92 Å². The van der Waals surface area contributed by atoms with Gasteiger partial charge in [-0.2, -0.15) is 0 Å². The minimum absolute atomic E-state index is 0.0159. The second-order valence-electron chi connectivity index (χ2n) is 5.52. The predicted octanol–water partition coefficient (Wildman–Crippen LogP) is 3.02. The maximum Gasteiger partial charge on any atom is 0.319 e. The van der Waals surface area contributed by atoms with Crippen LogP contribution in [0.25, 0.3) is 0 Å². The number of rotatable bonds is 3. The number of benzene rings is 1. The number of carbonyl (C=O) groups is 1. The highest BCUT2D eigenvalue weighted by molar-refractivity contribution is 5.89. The molecule has 0 aromatic heterocycles. The molecule has 1 fully saturated rings. The Morgan fingerprint density at radius 3 is 2.53 bits per heavy atom. The number of anilines is 1. The van der Waals surface area contributed by atoms with E-state index in [1.807, 2.05) is 31.2 Å². The third-order valence-corrected chi connectivity index (χ3v) is 3.87. The number of hydrogen-bond donors (Lipinski definition) is 3. The molecule has 4 heteroatoms. The fraction of sp³-hybridized carbons (Fsp3) is 0.533. The van der Waals surface area contributed by atoms with Crippen LogP contribution in [-0.2, 0) is 0 Å². The average molecular weight is 261 g/mol. The standard InChI is InChI=1S/C15H23N3O/c1-10-4-3-5-14(10)18-15(19)17-13-8-6-12(7-9-13)11(2)16/h6-11,14H,3-5,16H2,1-2H3,(H2,17,18,19). The quantitative estimate of drug-likeness (QED) is 0.783. The highest BCUT2D eigenvalue weighted by atomic mass is 16.2. The SMILES string of the molecule is CC(N)c1ccc(NC(=O)NC2CCCC2C)cc1. The van der Waals surface area contributed by atoms with Crippen molar-refractivity contribution in [3.8, 4) is 0 Å². The largest absolute Gasteiger partial charge is 0.335 e. The van der Waals surface area contributed by atoms with Gasteiger partial charge in [-0.1, -0.05) is 25.5 Å². The van der Waals surface area contributed by atoms with E-state index in [2.05, 4.69) is 17.6 Å². The summed E-state index contributed by atoms with van der Waals surface area (Å²) in [7, 11) is 0. The number of carbonyl (C=O) groups excluding carboxylic acids is 1. The molecule has 3 unspecified atom stereocenters. The summed E-state index contributed by atoms with van der Waals surface area (Å²) in [4.78, 5) is 11.9. The van der Waals surface area contributed by atoms with Gasteiger partial charge in [0.1, 0.15) is 0 Å². The van der Waals surface area contributed by atoms with Crippen molar-refractivity contribution in [1.29, 1.82) is 0 Å². The second kappa shape index (κ2) is 6.06. The first-order chi connectivity index (χ1) is 9.06. The lowest BCUT2D eigenvalue weighted by Gasteiger charge is -2.17. The molecule has 4 nitrogen and oxygen atoms in total. The Labute approximate surface area is 114 Å². The molecule has 3 atom stereocenters. The van der Waals surface area contributed by atoms with Crippen LogP contribution >= 0.6 is 0 Å². The van der Waals surface area contributed by atoms with E-state index < -0.39 is 0 Å². The van der Waals surface area contributed by atoms with E-state index in [1.54, 1.807) is 0 Å². The van der Waals surface area contributed by atoms with Gasteiger partial charge in [0.25, 0.3) is 0 Å². The van der Waals surface area contributed by atoms with Crippen molar-refractivity contribution in [2.75, 3.05) is 5.32 Å². The summed E-state index contributed by atoms with van der Waals surface area (Å²) < 4.78 is 0. The van der Waals surface area contributed by atoms with Gasteiger partial charge >= 0.3 is 6.03 Å². The zero-order chi connectivity index (χ0) is 13.8. The molecule has 104 valence electrons. The third-order valence-electron chi connectivity index (χ3n) is 3.87. The minimum Gasteiger partial charge on any atom is -0.335 e. The number of amides is 2. The van der Waals surface area contributed by atoms with Crippen molar-refractivity contribution in [3.63, 3.8) is 0 Å². The van der Waals surface area contributed by atoms with Gasteiger partial charge in [-0.3, -0.25) is 0 Å². The lowest BCUT2D eigenvalue weighted by molar-refractivity contribution is 0.246. The molecular formula is C15H23N3O. The highest BCUT2D eigenvalue weighted by Gasteiger charge is 2.24. The fourth-order valence-corrected chi connectivity index (χ4v) is 2.57. The van der Waals surface area contributed by atoms with Crippen LogP contribution in [0.2, 0.25) is 0 Å². The fourth-order valence-electron chi connectivity index (χ4n) is 2.57. The van der Waals surface area contributed by atoms with Gasteiger partial charge in [0.2, 0.25) is 0 Å². The Kier molecular flexibility index (Phi) is 4.43. The van der Waals surface area contributed by atoms with Crippen LogP contribution in [-0.4, -0.2) is 12.1 Å². The Balaban J connectivity index is 1.88. The van der Waals surface area contributed by atoms with Gasteiger partial charge in [0.05, 0.1) is 0 Å². The van der Waals surface area contributed by atoms with Crippen LogP contribution in [0.15, 0.2) is 24.3 Å². The molecule has 1 aromatic rings. The number of hydrogen-bond acceptors (Lipinski definition) is 2. The average Bonchev–Trinajstić information content (AvgIpc) is 2.75. The third kappa shape index (κ3) is 3.70. The molecule has 0 heterocycles. The predicted molar refractivity (Wildman–Crippen MR) is 78.0 cm³/mol.